The van der Waals surface area contributed by atoms with Crippen LogP contribution < -0.4 is 0 Å². The van der Waals surface area contributed by atoms with E-state index in [1.54, 1.807) is 6.07 Å². The second-order valence-electron chi connectivity index (χ2n) is 5.22. The van der Waals surface area contributed by atoms with Crippen LogP contribution in [0.15, 0.2) is 60.7 Å². The number of ketones is 1. The quantitative estimate of drug-likeness (QED) is 0.605. The molecular weight excluding hydrogens is 280 g/mol. The second-order valence-corrected chi connectivity index (χ2v) is 5.60. The van der Waals surface area contributed by atoms with Crippen LogP contribution in [0, 0.1) is 6.92 Å². The lowest BCUT2D eigenvalue weighted by Crippen LogP contribution is -2.05. The Balaban J connectivity index is 1.91. The zero-order valence-electron chi connectivity index (χ0n) is 11.8. The van der Waals surface area contributed by atoms with E-state index in [4.69, 9.17) is 11.6 Å². The fourth-order valence-corrected chi connectivity index (χ4v) is 2.72. The number of Topliss-reactive ketones (excluding diaryl/α,β-unsaturated/α-hetero) is 1. The summed E-state index contributed by atoms with van der Waals surface area (Å²) in [5.41, 5.74) is 2.54. The molecule has 0 aliphatic heterocycles. The van der Waals surface area contributed by atoms with Crippen molar-refractivity contribution in [3.63, 3.8) is 0 Å². The summed E-state index contributed by atoms with van der Waals surface area (Å²) in [6.07, 6.45) is 0.369. The number of rotatable bonds is 3. The normalized spacial score (nSPS) is 10.8. The molecule has 0 N–H and O–H groups in total. The number of fused-ring (bicyclic) bond motifs is 1. The lowest BCUT2D eigenvalue weighted by molar-refractivity contribution is 0.0993. The zero-order chi connectivity index (χ0) is 14.8. The first-order chi connectivity index (χ1) is 10.1. The van der Waals surface area contributed by atoms with Crippen molar-refractivity contribution in [2.75, 3.05) is 0 Å². The molecule has 0 aliphatic rings. The molecule has 0 fully saturated rings. The summed E-state index contributed by atoms with van der Waals surface area (Å²) in [5.74, 6) is 0.0546. The van der Waals surface area contributed by atoms with Crippen molar-refractivity contribution >= 4 is 28.2 Å². The summed E-state index contributed by atoms with van der Waals surface area (Å²) in [4.78, 5) is 12.4. The highest BCUT2D eigenvalue weighted by atomic mass is 35.5. The number of carbonyl (C=O) groups excluding carboxylic acids is 1. The first kappa shape index (κ1) is 13.8. The minimum atomic E-state index is 0.0546. The average Bonchev–Trinajstić information content (AvgIpc) is 2.50. The van der Waals surface area contributed by atoms with Crippen LogP contribution in [-0.2, 0) is 6.42 Å². The molecule has 3 aromatic rings. The largest absolute Gasteiger partial charge is 0.294 e. The molecule has 0 atom stereocenters. The maximum atomic E-state index is 12.4. The molecule has 0 saturated heterocycles. The molecular formula is C19H15ClO. The Bertz CT molecular complexity index is 821. The average molecular weight is 295 g/mol. The van der Waals surface area contributed by atoms with Gasteiger partial charge < -0.3 is 0 Å². The lowest BCUT2D eigenvalue weighted by atomic mass is 9.99. The summed E-state index contributed by atoms with van der Waals surface area (Å²) < 4.78 is 0. The number of benzene rings is 3. The van der Waals surface area contributed by atoms with Crippen molar-refractivity contribution in [3.8, 4) is 0 Å². The van der Waals surface area contributed by atoms with Crippen molar-refractivity contribution in [2.24, 2.45) is 0 Å². The van der Waals surface area contributed by atoms with E-state index >= 15 is 0 Å². The van der Waals surface area contributed by atoms with E-state index < -0.39 is 0 Å². The maximum absolute atomic E-state index is 12.4. The van der Waals surface area contributed by atoms with Crippen molar-refractivity contribution in [1.82, 2.24) is 0 Å². The third-order valence-corrected chi connectivity index (χ3v) is 4.17. The molecule has 3 aromatic carbocycles. The summed E-state index contributed by atoms with van der Waals surface area (Å²) in [7, 11) is 0. The first-order valence-corrected chi connectivity index (χ1v) is 7.29. The molecule has 1 nitrogen and oxygen atoms in total. The molecule has 0 saturated carbocycles. The molecule has 0 unspecified atom stereocenters. The van der Waals surface area contributed by atoms with E-state index in [0.29, 0.717) is 17.0 Å². The van der Waals surface area contributed by atoms with Gasteiger partial charge in [-0.15, -0.1) is 0 Å². The number of hydrogen-bond donors (Lipinski definition) is 0. The van der Waals surface area contributed by atoms with E-state index in [2.05, 4.69) is 24.3 Å². The van der Waals surface area contributed by atoms with Gasteiger partial charge >= 0.3 is 0 Å². The van der Waals surface area contributed by atoms with Crippen LogP contribution in [0.5, 0.6) is 0 Å². The van der Waals surface area contributed by atoms with E-state index in [-0.39, 0.29) is 5.78 Å². The Kier molecular flexibility index (Phi) is 3.76. The van der Waals surface area contributed by atoms with Crippen LogP contribution in [0.3, 0.4) is 0 Å². The van der Waals surface area contributed by atoms with Crippen LogP contribution in [0.25, 0.3) is 10.8 Å². The second kappa shape index (κ2) is 5.71. The Labute approximate surface area is 129 Å². The van der Waals surface area contributed by atoms with Gasteiger partial charge in [-0.05, 0) is 34.9 Å². The van der Waals surface area contributed by atoms with E-state index in [9.17, 15) is 4.79 Å². The molecule has 3 rings (SSSR count). The molecule has 0 aliphatic carbocycles. The molecule has 0 bridgehead atoms. The van der Waals surface area contributed by atoms with Gasteiger partial charge in [0.05, 0.1) is 5.02 Å². The molecule has 2 heteroatoms. The monoisotopic (exact) mass is 294 g/mol. The summed E-state index contributed by atoms with van der Waals surface area (Å²) >= 11 is 6.23. The van der Waals surface area contributed by atoms with Crippen molar-refractivity contribution in [1.29, 1.82) is 0 Å². The Hall–Kier alpha value is -2.12. The van der Waals surface area contributed by atoms with Gasteiger partial charge in [0.25, 0.3) is 0 Å². The fourth-order valence-electron chi connectivity index (χ4n) is 2.49. The van der Waals surface area contributed by atoms with E-state index in [1.807, 2.05) is 37.3 Å². The van der Waals surface area contributed by atoms with Crippen LogP contribution >= 0.6 is 11.6 Å². The standard InChI is InChI=1S/C19H15ClO/c1-13-5-4-8-17(19(13)20)18(21)12-14-9-10-15-6-2-3-7-16(15)11-14/h2-11H,12H2,1H3. The summed E-state index contributed by atoms with van der Waals surface area (Å²) in [5, 5.41) is 2.89. The molecule has 0 radical (unpaired) electrons. The SMILES string of the molecule is Cc1cccc(C(=O)Cc2ccc3ccccc3c2)c1Cl. The Morgan fingerprint density at radius 1 is 0.952 bits per heavy atom. The van der Waals surface area contributed by atoms with Gasteiger partial charge in [0.2, 0.25) is 0 Å². The molecule has 0 spiro atoms. The number of hydrogen-bond acceptors (Lipinski definition) is 1. The molecule has 0 heterocycles. The van der Waals surface area contributed by atoms with Crippen LogP contribution in [0.1, 0.15) is 21.5 Å². The third kappa shape index (κ3) is 2.84. The predicted octanol–water partition coefficient (Wildman–Crippen LogP) is 5.23. The van der Waals surface area contributed by atoms with Gasteiger partial charge in [0.15, 0.2) is 5.78 Å². The van der Waals surface area contributed by atoms with Gasteiger partial charge in [-0.25, -0.2) is 0 Å². The van der Waals surface area contributed by atoms with Gasteiger partial charge in [0, 0.05) is 12.0 Å². The smallest absolute Gasteiger partial charge is 0.168 e. The van der Waals surface area contributed by atoms with Crippen LogP contribution in [-0.4, -0.2) is 5.78 Å². The van der Waals surface area contributed by atoms with Gasteiger partial charge in [-0.1, -0.05) is 66.2 Å². The minimum Gasteiger partial charge on any atom is -0.294 e. The predicted molar refractivity (Wildman–Crippen MR) is 88.2 cm³/mol. The van der Waals surface area contributed by atoms with Crippen LogP contribution in [0.2, 0.25) is 5.02 Å². The lowest BCUT2D eigenvalue weighted by Gasteiger charge is -2.07. The molecule has 104 valence electrons. The van der Waals surface area contributed by atoms with E-state index in [0.717, 1.165) is 16.5 Å². The third-order valence-electron chi connectivity index (χ3n) is 3.67. The van der Waals surface area contributed by atoms with Crippen molar-refractivity contribution in [3.05, 3.63) is 82.4 Å². The summed E-state index contributed by atoms with van der Waals surface area (Å²) in [6.45, 7) is 1.91. The molecule has 21 heavy (non-hydrogen) atoms. The number of aryl methyl sites for hydroxylation is 1. The number of carbonyl (C=O) groups is 1. The maximum Gasteiger partial charge on any atom is 0.168 e. The van der Waals surface area contributed by atoms with Gasteiger partial charge in [-0.3, -0.25) is 4.79 Å². The fraction of sp³-hybridized carbons (Fsp3) is 0.105. The topological polar surface area (TPSA) is 17.1 Å². The highest BCUT2D eigenvalue weighted by Gasteiger charge is 2.12. The highest BCUT2D eigenvalue weighted by molar-refractivity contribution is 6.34. The van der Waals surface area contributed by atoms with Crippen LogP contribution in [0.4, 0.5) is 0 Å². The van der Waals surface area contributed by atoms with Crippen molar-refractivity contribution < 1.29 is 4.79 Å². The molecule has 0 aromatic heterocycles. The Morgan fingerprint density at radius 2 is 1.71 bits per heavy atom. The summed E-state index contributed by atoms with van der Waals surface area (Å²) in [6, 6.07) is 19.8. The zero-order valence-corrected chi connectivity index (χ0v) is 12.5. The minimum absolute atomic E-state index is 0.0546. The first-order valence-electron chi connectivity index (χ1n) is 6.91. The Morgan fingerprint density at radius 3 is 2.52 bits per heavy atom. The van der Waals surface area contributed by atoms with E-state index in [1.165, 1.54) is 5.39 Å². The highest BCUT2D eigenvalue weighted by Crippen LogP contribution is 2.23. The molecule has 0 amide bonds. The number of halogens is 1. The van der Waals surface area contributed by atoms with Gasteiger partial charge in [0.1, 0.15) is 0 Å². The van der Waals surface area contributed by atoms with Crippen molar-refractivity contribution in [2.45, 2.75) is 13.3 Å². The van der Waals surface area contributed by atoms with Gasteiger partial charge in [-0.2, -0.15) is 0 Å².